The smallest absolute Gasteiger partial charge is 0.156 e. The fourth-order valence-electron chi connectivity index (χ4n) is 1.75. The van der Waals surface area contributed by atoms with Gasteiger partial charge in [0.1, 0.15) is 0 Å². The summed E-state index contributed by atoms with van der Waals surface area (Å²) in [5.74, 6) is 0.694. The lowest BCUT2D eigenvalue weighted by atomic mass is 10.2. The van der Waals surface area contributed by atoms with Crippen LogP contribution < -0.4 is 10.1 Å². The second kappa shape index (κ2) is 6.90. The van der Waals surface area contributed by atoms with E-state index >= 15 is 0 Å². The van der Waals surface area contributed by atoms with Gasteiger partial charge in [-0.3, -0.25) is 0 Å². The van der Waals surface area contributed by atoms with Gasteiger partial charge < -0.3 is 10.1 Å². The zero-order valence-corrected chi connectivity index (χ0v) is 14.4. The molecule has 2 aromatic carbocycles. The Kier molecular flexibility index (Phi) is 5.44. The molecule has 6 heteroatoms. The zero-order valence-electron chi connectivity index (χ0n) is 10.5. The van der Waals surface area contributed by atoms with Crippen molar-refractivity contribution in [2.24, 2.45) is 0 Å². The normalized spacial score (nSPS) is 10.4. The van der Waals surface area contributed by atoms with Gasteiger partial charge in [0.25, 0.3) is 0 Å². The van der Waals surface area contributed by atoms with Gasteiger partial charge in [0.05, 0.1) is 17.3 Å². The van der Waals surface area contributed by atoms with Crippen molar-refractivity contribution in [1.82, 2.24) is 0 Å². The number of halogens is 4. The third-order valence-corrected chi connectivity index (χ3v) is 4.09. The van der Waals surface area contributed by atoms with E-state index in [0.717, 1.165) is 15.7 Å². The van der Waals surface area contributed by atoms with E-state index in [1.807, 2.05) is 6.07 Å². The summed E-state index contributed by atoms with van der Waals surface area (Å²) in [5, 5.41) is 5.10. The molecule has 2 rings (SSSR count). The van der Waals surface area contributed by atoms with Gasteiger partial charge >= 0.3 is 0 Å². The second-order valence-electron chi connectivity index (χ2n) is 4.06. The lowest BCUT2D eigenvalue weighted by molar-refractivity contribution is 0.414. The third kappa shape index (κ3) is 3.73. The first kappa shape index (κ1) is 15.8. The number of rotatable bonds is 4. The number of hydrogen-bond donors (Lipinski definition) is 1. The standard InChI is InChI=1S/C14H11BrCl3NO/c1-20-14-11(15)4-10(17)6-13(14)19-7-8-2-3-9(16)5-12(8)18/h2-6,19H,7H2,1H3. The van der Waals surface area contributed by atoms with Gasteiger partial charge in [0.15, 0.2) is 5.75 Å². The SMILES string of the molecule is COc1c(Br)cc(Cl)cc1NCc1ccc(Cl)cc1Cl. The molecule has 0 atom stereocenters. The molecule has 0 aliphatic heterocycles. The molecular weight excluding hydrogens is 384 g/mol. The van der Waals surface area contributed by atoms with Crippen molar-refractivity contribution >= 4 is 56.4 Å². The average Bonchev–Trinajstić information content (AvgIpc) is 2.37. The van der Waals surface area contributed by atoms with Crippen molar-refractivity contribution < 1.29 is 4.74 Å². The number of benzene rings is 2. The molecule has 0 saturated carbocycles. The Morgan fingerprint density at radius 3 is 2.50 bits per heavy atom. The Morgan fingerprint density at radius 2 is 1.85 bits per heavy atom. The van der Waals surface area contributed by atoms with Crippen LogP contribution in [0.15, 0.2) is 34.8 Å². The summed E-state index contributed by atoms with van der Waals surface area (Å²) in [5.41, 5.74) is 1.73. The molecule has 2 nitrogen and oxygen atoms in total. The zero-order chi connectivity index (χ0) is 14.7. The summed E-state index contributed by atoms with van der Waals surface area (Å²) in [7, 11) is 1.61. The molecule has 106 valence electrons. The lowest BCUT2D eigenvalue weighted by Crippen LogP contribution is -2.02. The Balaban J connectivity index is 2.22. The maximum Gasteiger partial charge on any atom is 0.156 e. The van der Waals surface area contributed by atoms with Crippen LogP contribution in [-0.4, -0.2) is 7.11 Å². The summed E-state index contributed by atoms with van der Waals surface area (Å²) in [4.78, 5) is 0. The number of anilines is 1. The maximum atomic E-state index is 6.14. The minimum absolute atomic E-state index is 0.541. The first-order chi connectivity index (χ1) is 9.51. The predicted octanol–water partition coefficient (Wildman–Crippen LogP) is 6.03. The molecule has 0 aromatic heterocycles. The van der Waals surface area contributed by atoms with E-state index in [1.165, 1.54) is 0 Å². The molecule has 0 amide bonds. The second-order valence-corrected chi connectivity index (χ2v) is 6.19. The highest BCUT2D eigenvalue weighted by Gasteiger charge is 2.10. The van der Waals surface area contributed by atoms with Crippen molar-refractivity contribution in [2.75, 3.05) is 12.4 Å². The van der Waals surface area contributed by atoms with Crippen molar-refractivity contribution in [1.29, 1.82) is 0 Å². The Hall–Kier alpha value is -0.610. The lowest BCUT2D eigenvalue weighted by Gasteiger charge is -2.14. The van der Waals surface area contributed by atoms with Gasteiger partial charge in [0, 0.05) is 21.6 Å². The quantitative estimate of drug-likeness (QED) is 0.682. The van der Waals surface area contributed by atoms with Gasteiger partial charge in [-0.1, -0.05) is 40.9 Å². The van der Waals surface area contributed by atoms with Crippen LogP contribution >= 0.6 is 50.7 Å². The van der Waals surface area contributed by atoms with Crippen molar-refractivity contribution in [3.05, 3.63) is 55.4 Å². The highest BCUT2D eigenvalue weighted by Crippen LogP contribution is 2.36. The number of hydrogen-bond acceptors (Lipinski definition) is 2. The van der Waals surface area contributed by atoms with Crippen molar-refractivity contribution in [3.8, 4) is 5.75 Å². The minimum Gasteiger partial charge on any atom is -0.493 e. The summed E-state index contributed by atoms with van der Waals surface area (Å²) < 4.78 is 6.14. The Labute approximate surface area is 141 Å². The molecule has 0 unspecified atom stereocenters. The highest BCUT2D eigenvalue weighted by atomic mass is 79.9. The third-order valence-electron chi connectivity index (χ3n) is 2.70. The Morgan fingerprint density at radius 1 is 1.10 bits per heavy atom. The number of methoxy groups -OCH3 is 1. The molecule has 0 saturated heterocycles. The average molecular weight is 396 g/mol. The predicted molar refractivity (Wildman–Crippen MR) is 89.5 cm³/mol. The fraction of sp³-hybridized carbons (Fsp3) is 0.143. The first-order valence-electron chi connectivity index (χ1n) is 5.72. The molecule has 0 radical (unpaired) electrons. The fourth-order valence-corrected chi connectivity index (χ4v) is 3.20. The van der Waals surface area contributed by atoms with Crippen LogP contribution in [0.5, 0.6) is 5.75 Å². The summed E-state index contributed by atoms with van der Waals surface area (Å²) in [6.07, 6.45) is 0. The monoisotopic (exact) mass is 393 g/mol. The number of ether oxygens (including phenoxy) is 1. The van der Waals surface area contributed by atoms with Gasteiger partial charge in [-0.15, -0.1) is 0 Å². The first-order valence-corrected chi connectivity index (χ1v) is 7.65. The molecule has 0 aliphatic carbocycles. The maximum absolute atomic E-state index is 6.14. The van der Waals surface area contributed by atoms with Crippen LogP contribution in [0.2, 0.25) is 15.1 Å². The van der Waals surface area contributed by atoms with E-state index in [2.05, 4.69) is 21.2 Å². The van der Waals surface area contributed by atoms with Crippen molar-refractivity contribution in [3.63, 3.8) is 0 Å². The molecular formula is C14H11BrCl3NO. The van der Waals surface area contributed by atoms with E-state index in [-0.39, 0.29) is 0 Å². The van der Waals surface area contributed by atoms with E-state index in [0.29, 0.717) is 27.4 Å². The van der Waals surface area contributed by atoms with Crippen LogP contribution in [0, 0.1) is 0 Å². The largest absolute Gasteiger partial charge is 0.493 e. The van der Waals surface area contributed by atoms with Gasteiger partial charge in [-0.2, -0.15) is 0 Å². The molecule has 2 aromatic rings. The number of nitrogens with one attached hydrogen (secondary N) is 1. The summed E-state index contributed by atoms with van der Waals surface area (Å²) in [6, 6.07) is 8.97. The van der Waals surface area contributed by atoms with Gasteiger partial charge in [-0.05, 0) is 45.8 Å². The Bertz CT molecular complexity index is 634. The molecule has 0 fully saturated rings. The minimum atomic E-state index is 0.541. The van der Waals surface area contributed by atoms with E-state index in [1.54, 1.807) is 31.4 Å². The van der Waals surface area contributed by atoms with Gasteiger partial charge in [0.2, 0.25) is 0 Å². The molecule has 20 heavy (non-hydrogen) atoms. The van der Waals surface area contributed by atoms with Crippen LogP contribution in [0.4, 0.5) is 5.69 Å². The van der Waals surface area contributed by atoms with Gasteiger partial charge in [-0.25, -0.2) is 0 Å². The van der Waals surface area contributed by atoms with Crippen LogP contribution in [0.25, 0.3) is 0 Å². The van der Waals surface area contributed by atoms with E-state index in [4.69, 9.17) is 39.5 Å². The molecule has 1 N–H and O–H groups in total. The summed E-state index contributed by atoms with van der Waals surface area (Å²) >= 11 is 21.5. The summed E-state index contributed by atoms with van der Waals surface area (Å²) in [6.45, 7) is 0.541. The molecule has 0 bridgehead atoms. The molecule has 0 spiro atoms. The van der Waals surface area contributed by atoms with E-state index in [9.17, 15) is 0 Å². The van der Waals surface area contributed by atoms with Crippen LogP contribution in [0.3, 0.4) is 0 Å². The molecule has 0 heterocycles. The van der Waals surface area contributed by atoms with Crippen LogP contribution in [-0.2, 0) is 6.54 Å². The van der Waals surface area contributed by atoms with Crippen molar-refractivity contribution in [2.45, 2.75) is 6.54 Å². The topological polar surface area (TPSA) is 21.3 Å². The van der Waals surface area contributed by atoms with Crippen LogP contribution in [0.1, 0.15) is 5.56 Å². The van der Waals surface area contributed by atoms with E-state index < -0.39 is 0 Å². The molecule has 0 aliphatic rings. The highest BCUT2D eigenvalue weighted by molar-refractivity contribution is 9.10.